The van der Waals surface area contributed by atoms with Crippen molar-refractivity contribution in [3.05, 3.63) is 175 Å². The maximum Gasteiger partial charge on any atom is 0.0540 e. The molecule has 0 N–H and O–H groups in total. The third-order valence-corrected chi connectivity index (χ3v) is 6.86. The fourth-order valence-electron chi connectivity index (χ4n) is 4.92. The van der Waals surface area contributed by atoms with E-state index in [1.807, 2.05) is 6.07 Å². The lowest BCUT2D eigenvalue weighted by molar-refractivity contribution is 1.28. The van der Waals surface area contributed by atoms with Crippen LogP contribution in [0.3, 0.4) is 0 Å². The molecule has 0 fully saturated rings. The number of rotatable bonds is 7. The second-order valence-corrected chi connectivity index (χ2v) is 9.47. The highest BCUT2D eigenvalue weighted by atomic mass is 15.1. The highest BCUT2D eigenvalue weighted by molar-refractivity contribution is 5.89. The van der Waals surface area contributed by atoms with Gasteiger partial charge in [0, 0.05) is 16.9 Å². The highest BCUT2D eigenvalue weighted by Crippen LogP contribution is 2.41. The molecule has 0 aliphatic rings. The van der Waals surface area contributed by atoms with E-state index in [1.54, 1.807) is 0 Å². The summed E-state index contributed by atoms with van der Waals surface area (Å²) in [6.07, 6.45) is 4.34. The Kier molecular flexibility index (Phi) is 7.14. The number of benzene rings is 6. The van der Waals surface area contributed by atoms with E-state index in [-0.39, 0.29) is 0 Å². The van der Waals surface area contributed by atoms with Crippen molar-refractivity contribution in [1.29, 1.82) is 0 Å². The zero-order valence-corrected chi connectivity index (χ0v) is 21.7. The van der Waals surface area contributed by atoms with Gasteiger partial charge < -0.3 is 4.90 Å². The van der Waals surface area contributed by atoms with E-state index < -0.39 is 0 Å². The molecule has 1 heteroatoms. The van der Waals surface area contributed by atoms with Gasteiger partial charge in [0.2, 0.25) is 0 Å². The Morgan fingerprint density at radius 3 is 1.62 bits per heavy atom. The zero-order valence-electron chi connectivity index (χ0n) is 21.7. The fourth-order valence-corrected chi connectivity index (χ4v) is 4.92. The van der Waals surface area contributed by atoms with Crippen molar-refractivity contribution in [2.45, 2.75) is 0 Å². The molecular weight excluding hydrogens is 470 g/mol. The van der Waals surface area contributed by atoms with E-state index in [0.717, 1.165) is 22.6 Å². The van der Waals surface area contributed by atoms with Crippen LogP contribution in [0.15, 0.2) is 164 Å². The third kappa shape index (κ3) is 5.58. The minimum atomic E-state index is 1.11. The van der Waals surface area contributed by atoms with Crippen LogP contribution < -0.4 is 4.90 Å². The normalized spacial score (nSPS) is 11.0. The van der Waals surface area contributed by atoms with Gasteiger partial charge in [-0.2, -0.15) is 0 Å². The van der Waals surface area contributed by atoms with Crippen molar-refractivity contribution in [2.75, 3.05) is 4.90 Å². The van der Waals surface area contributed by atoms with Crippen LogP contribution in [-0.4, -0.2) is 0 Å². The molecule has 0 aliphatic carbocycles. The van der Waals surface area contributed by atoms with Gasteiger partial charge in [-0.25, -0.2) is 0 Å². The first-order valence-corrected chi connectivity index (χ1v) is 13.3. The zero-order chi connectivity index (χ0) is 26.3. The summed E-state index contributed by atoms with van der Waals surface area (Å²) in [7, 11) is 0. The predicted octanol–water partition coefficient (Wildman–Crippen LogP) is 10.7. The lowest BCUT2D eigenvalue weighted by Gasteiger charge is -2.28. The number of para-hydroxylation sites is 1. The molecule has 39 heavy (non-hydrogen) atoms. The Bertz CT molecular complexity index is 1670. The second-order valence-electron chi connectivity index (χ2n) is 9.47. The van der Waals surface area contributed by atoms with E-state index in [2.05, 4.69) is 175 Å². The number of hydrogen-bond acceptors (Lipinski definition) is 1. The smallest absolute Gasteiger partial charge is 0.0540 e. The molecule has 6 aromatic rings. The maximum absolute atomic E-state index is 2.36. The summed E-state index contributed by atoms with van der Waals surface area (Å²) >= 11 is 0. The van der Waals surface area contributed by atoms with Gasteiger partial charge in [-0.15, -0.1) is 0 Å². The first-order valence-electron chi connectivity index (χ1n) is 13.3. The quantitative estimate of drug-likeness (QED) is 0.197. The van der Waals surface area contributed by atoms with E-state index >= 15 is 0 Å². The van der Waals surface area contributed by atoms with Crippen molar-refractivity contribution < 1.29 is 0 Å². The molecule has 1 nitrogen and oxygen atoms in total. The molecule has 0 atom stereocenters. The third-order valence-electron chi connectivity index (χ3n) is 6.86. The van der Waals surface area contributed by atoms with Crippen LogP contribution in [0.5, 0.6) is 0 Å². The van der Waals surface area contributed by atoms with Crippen LogP contribution in [0.1, 0.15) is 11.1 Å². The molecule has 6 aromatic carbocycles. The van der Waals surface area contributed by atoms with Gasteiger partial charge in [0.15, 0.2) is 0 Å². The Hall–Kier alpha value is -5.14. The maximum atomic E-state index is 2.36. The SMILES string of the molecule is C(=Cc1cccc(N(c2ccc(-c3ccccc3)cc2)c2ccccc2-c2ccccc2)c1)c1ccccc1. The average molecular weight is 500 g/mol. The van der Waals surface area contributed by atoms with Crippen LogP contribution in [0, 0.1) is 0 Å². The molecular formula is C38H29N. The van der Waals surface area contributed by atoms with Crippen molar-refractivity contribution in [3.8, 4) is 22.3 Å². The molecule has 0 radical (unpaired) electrons. The minimum absolute atomic E-state index is 1.11. The molecule has 0 spiro atoms. The fraction of sp³-hybridized carbons (Fsp3) is 0. The first-order chi connectivity index (χ1) is 19.3. The summed E-state index contributed by atoms with van der Waals surface area (Å²) in [5.74, 6) is 0. The van der Waals surface area contributed by atoms with Crippen molar-refractivity contribution in [2.24, 2.45) is 0 Å². The lowest BCUT2D eigenvalue weighted by Crippen LogP contribution is -2.11. The van der Waals surface area contributed by atoms with Crippen molar-refractivity contribution in [1.82, 2.24) is 0 Å². The minimum Gasteiger partial charge on any atom is -0.310 e. The molecule has 0 aromatic heterocycles. The monoisotopic (exact) mass is 499 g/mol. The Balaban J connectivity index is 1.46. The average Bonchev–Trinajstić information content (AvgIpc) is 3.02. The van der Waals surface area contributed by atoms with E-state index in [1.165, 1.54) is 27.8 Å². The van der Waals surface area contributed by atoms with Gasteiger partial charge in [-0.3, -0.25) is 0 Å². The predicted molar refractivity (Wildman–Crippen MR) is 167 cm³/mol. The van der Waals surface area contributed by atoms with E-state index in [4.69, 9.17) is 0 Å². The van der Waals surface area contributed by atoms with Crippen LogP contribution >= 0.6 is 0 Å². The van der Waals surface area contributed by atoms with Gasteiger partial charge in [-0.05, 0) is 58.1 Å². The summed E-state index contributed by atoms with van der Waals surface area (Å²) in [6.45, 7) is 0. The van der Waals surface area contributed by atoms with Gasteiger partial charge in [0.25, 0.3) is 0 Å². The number of nitrogens with zero attached hydrogens (tertiary/aromatic N) is 1. The summed E-state index contributed by atoms with van der Waals surface area (Å²) in [6, 6.07) is 57.8. The second kappa shape index (κ2) is 11.5. The van der Waals surface area contributed by atoms with Crippen LogP contribution in [0.4, 0.5) is 17.1 Å². The highest BCUT2D eigenvalue weighted by Gasteiger charge is 2.17. The van der Waals surface area contributed by atoms with Crippen LogP contribution in [0.25, 0.3) is 34.4 Å². The number of hydrogen-bond donors (Lipinski definition) is 0. The topological polar surface area (TPSA) is 3.24 Å². The largest absolute Gasteiger partial charge is 0.310 e. The summed E-state index contributed by atoms with van der Waals surface area (Å²) in [5.41, 5.74) is 10.5. The van der Waals surface area contributed by atoms with Gasteiger partial charge in [-0.1, -0.05) is 146 Å². The molecule has 6 rings (SSSR count). The summed E-state index contributed by atoms with van der Waals surface area (Å²) in [5, 5.41) is 0. The molecule has 0 unspecified atom stereocenters. The molecule has 186 valence electrons. The molecule has 0 amide bonds. The molecule has 0 heterocycles. The van der Waals surface area contributed by atoms with Gasteiger partial charge in [0.05, 0.1) is 5.69 Å². The van der Waals surface area contributed by atoms with E-state index in [0.29, 0.717) is 0 Å². The summed E-state index contributed by atoms with van der Waals surface area (Å²) < 4.78 is 0. The van der Waals surface area contributed by atoms with Crippen molar-refractivity contribution >= 4 is 29.2 Å². The summed E-state index contributed by atoms with van der Waals surface area (Å²) in [4.78, 5) is 2.36. The Morgan fingerprint density at radius 2 is 0.897 bits per heavy atom. The number of anilines is 3. The van der Waals surface area contributed by atoms with Gasteiger partial charge in [0.1, 0.15) is 0 Å². The molecule has 0 saturated heterocycles. The van der Waals surface area contributed by atoms with Crippen LogP contribution in [0.2, 0.25) is 0 Å². The van der Waals surface area contributed by atoms with Gasteiger partial charge >= 0.3 is 0 Å². The lowest BCUT2D eigenvalue weighted by atomic mass is 10.0. The molecule has 0 bridgehead atoms. The molecule has 0 saturated carbocycles. The van der Waals surface area contributed by atoms with E-state index in [9.17, 15) is 0 Å². The van der Waals surface area contributed by atoms with Crippen LogP contribution in [-0.2, 0) is 0 Å². The standard InChI is InChI=1S/C38H29N/c1-4-13-30(14-5-1)23-24-31-15-12-20-36(29-31)39(35-27-25-33(26-28-35)32-16-6-2-7-17-32)38-22-11-10-21-37(38)34-18-8-3-9-19-34/h1-29H. The Morgan fingerprint density at radius 1 is 0.359 bits per heavy atom. The van der Waals surface area contributed by atoms with Crippen molar-refractivity contribution in [3.63, 3.8) is 0 Å². The molecule has 0 aliphatic heterocycles. The first kappa shape index (κ1) is 24.2. The Labute approximate surface area is 231 Å².